The molecule has 1 heteroatoms. The molecule has 0 bridgehead atoms. The predicted molar refractivity (Wildman–Crippen MR) is 60.5 cm³/mol. The lowest BCUT2D eigenvalue weighted by Crippen LogP contribution is -2.20. The first kappa shape index (κ1) is 9.72. The highest BCUT2D eigenvalue weighted by molar-refractivity contribution is 5.21. The van der Waals surface area contributed by atoms with Crippen molar-refractivity contribution in [3.63, 3.8) is 0 Å². The van der Waals surface area contributed by atoms with Crippen LogP contribution >= 0.6 is 0 Å². The van der Waals surface area contributed by atoms with E-state index in [0.29, 0.717) is 0 Å². The molecule has 1 aliphatic rings. The van der Waals surface area contributed by atoms with Crippen molar-refractivity contribution < 1.29 is 0 Å². The van der Waals surface area contributed by atoms with E-state index < -0.39 is 0 Å². The van der Waals surface area contributed by atoms with E-state index in [1.807, 2.05) is 0 Å². The van der Waals surface area contributed by atoms with Gasteiger partial charge in [0.2, 0.25) is 0 Å². The van der Waals surface area contributed by atoms with E-state index in [9.17, 15) is 0 Å². The molecule has 0 saturated carbocycles. The fourth-order valence-electron chi connectivity index (χ4n) is 2.37. The molecule has 1 saturated heterocycles. The van der Waals surface area contributed by atoms with Crippen molar-refractivity contribution in [3.05, 3.63) is 35.9 Å². The molecule has 76 valence electrons. The second-order valence-electron chi connectivity index (χ2n) is 4.24. The van der Waals surface area contributed by atoms with E-state index >= 15 is 0 Å². The van der Waals surface area contributed by atoms with Gasteiger partial charge in [-0.2, -0.15) is 0 Å². The van der Waals surface area contributed by atoms with Crippen molar-refractivity contribution in [2.24, 2.45) is 0 Å². The standard InChI is InChI=1S/C13H19N/c1-2-6-13-9-12(10-14-13)11-7-4-3-5-8-11/h3-5,7-8,12-14H,2,6,9-10H2,1H3. The molecule has 1 aliphatic heterocycles. The molecule has 0 spiro atoms. The lowest BCUT2D eigenvalue weighted by molar-refractivity contribution is 0.547. The maximum Gasteiger partial charge on any atom is 0.00735 e. The summed E-state index contributed by atoms with van der Waals surface area (Å²) < 4.78 is 0. The Morgan fingerprint density at radius 1 is 1.29 bits per heavy atom. The topological polar surface area (TPSA) is 12.0 Å². The van der Waals surface area contributed by atoms with Crippen LogP contribution < -0.4 is 5.32 Å². The van der Waals surface area contributed by atoms with Gasteiger partial charge in [0, 0.05) is 12.6 Å². The van der Waals surface area contributed by atoms with Crippen LogP contribution in [-0.4, -0.2) is 12.6 Å². The average molecular weight is 189 g/mol. The normalized spacial score (nSPS) is 26.6. The summed E-state index contributed by atoms with van der Waals surface area (Å²) in [7, 11) is 0. The molecule has 1 fully saturated rings. The van der Waals surface area contributed by atoms with Crippen LogP contribution in [0.5, 0.6) is 0 Å². The van der Waals surface area contributed by atoms with Crippen LogP contribution in [0.3, 0.4) is 0 Å². The van der Waals surface area contributed by atoms with Gasteiger partial charge in [0.05, 0.1) is 0 Å². The lowest BCUT2D eigenvalue weighted by Gasteiger charge is -2.09. The molecule has 1 heterocycles. The van der Waals surface area contributed by atoms with Crippen LogP contribution in [-0.2, 0) is 0 Å². The Balaban J connectivity index is 1.96. The summed E-state index contributed by atoms with van der Waals surface area (Å²) in [5.74, 6) is 0.743. The van der Waals surface area contributed by atoms with Crippen molar-refractivity contribution in [2.75, 3.05) is 6.54 Å². The van der Waals surface area contributed by atoms with Crippen molar-refractivity contribution in [3.8, 4) is 0 Å². The largest absolute Gasteiger partial charge is 0.313 e. The minimum atomic E-state index is 0.743. The van der Waals surface area contributed by atoms with Crippen LogP contribution in [0, 0.1) is 0 Å². The summed E-state index contributed by atoms with van der Waals surface area (Å²) in [6.07, 6.45) is 3.93. The van der Waals surface area contributed by atoms with Gasteiger partial charge in [-0.1, -0.05) is 43.7 Å². The number of rotatable bonds is 3. The molecule has 0 aliphatic carbocycles. The highest BCUT2D eigenvalue weighted by Crippen LogP contribution is 2.26. The summed E-state index contributed by atoms with van der Waals surface area (Å²) in [4.78, 5) is 0. The zero-order valence-corrected chi connectivity index (χ0v) is 8.87. The molecule has 2 rings (SSSR count). The van der Waals surface area contributed by atoms with Gasteiger partial charge >= 0.3 is 0 Å². The summed E-state index contributed by atoms with van der Waals surface area (Å²) in [5.41, 5.74) is 1.50. The smallest absolute Gasteiger partial charge is 0.00735 e. The quantitative estimate of drug-likeness (QED) is 0.771. The maximum absolute atomic E-state index is 3.61. The minimum Gasteiger partial charge on any atom is -0.313 e. The fourth-order valence-corrected chi connectivity index (χ4v) is 2.37. The summed E-state index contributed by atoms with van der Waals surface area (Å²) in [5, 5.41) is 3.61. The van der Waals surface area contributed by atoms with E-state index in [4.69, 9.17) is 0 Å². The molecule has 2 atom stereocenters. The highest BCUT2D eigenvalue weighted by atomic mass is 14.9. The van der Waals surface area contributed by atoms with Crippen molar-refractivity contribution in [2.45, 2.75) is 38.1 Å². The van der Waals surface area contributed by atoms with Crippen molar-refractivity contribution >= 4 is 0 Å². The molecular formula is C13H19N. The lowest BCUT2D eigenvalue weighted by atomic mass is 9.95. The Kier molecular flexibility index (Phi) is 3.20. The van der Waals surface area contributed by atoms with E-state index in [1.165, 1.54) is 24.8 Å². The second-order valence-corrected chi connectivity index (χ2v) is 4.24. The van der Waals surface area contributed by atoms with E-state index in [-0.39, 0.29) is 0 Å². The number of hydrogen-bond donors (Lipinski definition) is 1. The molecular weight excluding hydrogens is 170 g/mol. The van der Waals surface area contributed by atoms with E-state index in [0.717, 1.165) is 18.5 Å². The average Bonchev–Trinajstić information content (AvgIpc) is 2.68. The summed E-state index contributed by atoms with van der Waals surface area (Å²) >= 11 is 0. The van der Waals surface area contributed by atoms with Crippen molar-refractivity contribution in [1.82, 2.24) is 5.32 Å². The Hall–Kier alpha value is -0.820. The molecule has 1 N–H and O–H groups in total. The van der Waals surface area contributed by atoms with Crippen LogP contribution in [0.4, 0.5) is 0 Å². The van der Waals surface area contributed by atoms with Gasteiger partial charge in [0.25, 0.3) is 0 Å². The Morgan fingerprint density at radius 2 is 2.07 bits per heavy atom. The Morgan fingerprint density at radius 3 is 2.79 bits per heavy atom. The third-order valence-corrected chi connectivity index (χ3v) is 3.13. The molecule has 2 unspecified atom stereocenters. The van der Waals surface area contributed by atoms with Gasteiger partial charge in [-0.15, -0.1) is 0 Å². The SMILES string of the molecule is CCCC1CC(c2ccccc2)CN1. The molecule has 0 aromatic heterocycles. The summed E-state index contributed by atoms with van der Waals surface area (Å²) in [6, 6.07) is 11.6. The van der Waals surface area contributed by atoms with Crippen LogP contribution in [0.2, 0.25) is 0 Å². The fraction of sp³-hybridized carbons (Fsp3) is 0.538. The van der Waals surface area contributed by atoms with Gasteiger partial charge in [0.1, 0.15) is 0 Å². The van der Waals surface area contributed by atoms with E-state index in [2.05, 4.69) is 42.6 Å². The zero-order valence-electron chi connectivity index (χ0n) is 8.87. The molecule has 0 radical (unpaired) electrons. The molecule has 1 aromatic carbocycles. The summed E-state index contributed by atoms with van der Waals surface area (Å²) in [6.45, 7) is 3.42. The Labute approximate surface area is 86.5 Å². The monoisotopic (exact) mass is 189 g/mol. The number of nitrogens with one attached hydrogen (secondary N) is 1. The van der Waals surface area contributed by atoms with Gasteiger partial charge in [0.15, 0.2) is 0 Å². The number of hydrogen-bond acceptors (Lipinski definition) is 1. The first-order valence-electron chi connectivity index (χ1n) is 5.68. The second kappa shape index (κ2) is 4.61. The molecule has 0 amide bonds. The van der Waals surface area contributed by atoms with Crippen LogP contribution in [0.25, 0.3) is 0 Å². The van der Waals surface area contributed by atoms with Crippen molar-refractivity contribution in [1.29, 1.82) is 0 Å². The van der Waals surface area contributed by atoms with Crippen LogP contribution in [0.1, 0.15) is 37.7 Å². The zero-order chi connectivity index (χ0) is 9.80. The molecule has 14 heavy (non-hydrogen) atoms. The van der Waals surface area contributed by atoms with Gasteiger partial charge in [-0.05, 0) is 24.3 Å². The first-order valence-corrected chi connectivity index (χ1v) is 5.68. The van der Waals surface area contributed by atoms with E-state index in [1.54, 1.807) is 0 Å². The van der Waals surface area contributed by atoms with Crippen LogP contribution in [0.15, 0.2) is 30.3 Å². The number of benzene rings is 1. The van der Waals surface area contributed by atoms with Gasteiger partial charge in [-0.25, -0.2) is 0 Å². The first-order chi connectivity index (χ1) is 6.90. The third-order valence-electron chi connectivity index (χ3n) is 3.13. The van der Waals surface area contributed by atoms with Gasteiger partial charge < -0.3 is 5.32 Å². The highest BCUT2D eigenvalue weighted by Gasteiger charge is 2.23. The predicted octanol–water partition coefficient (Wildman–Crippen LogP) is 2.93. The Bertz CT molecular complexity index is 268. The molecule has 1 aromatic rings. The maximum atomic E-state index is 3.61. The minimum absolute atomic E-state index is 0.743. The third kappa shape index (κ3) is 2.16. The molecule has 1 nitrogen and oxygen atoms in total. The van der Waals surface area contributed by atoms with Gasteiger partial charge in [-0.3, -0.25) is 0 Å².